The number of halogens is 1. The predicted molar refractivity (Wildman–Crippen MR) is 137 cm³/mol. The average molecular weight is 538 g/mol. The predicted octanol–water partition coefficient (Wildman–Crippen LogP) is 3.93. The number of hydrogen-bond donors (Lipinski definition) is 2. The third-order valence-corrected chi connectivity index (χ3v) is 5.99. The van der Waals surface area contributed by atoms with Crippen molar-refractivity contribution in [2.24, 2.45) is 4.99 Å². The van der Waals surface area contributed by atoms with Crippen molar-refractivity contribution in [3.63, 3.8) is 0 Å². The Balaban J connectivity index is 0.00000320. The van der Waals surface area contributed by atoms with Gasteiger partial charge >= 0.3 is 0 Å². The molecule has 1 heterocycles. The zero-order valence-electron chi connectivity index (χ0n) is 17.5. The molecular weight excluding hydrogens is 507 g/mol. The highest BCUT2D eigenvalue weighted by molar-refractivity contribution is 14.0. The molecule has 0 saturated heterocycles. The number of hydrogen-bond acceptors (Lipinski definition) is 3. The van der Waals surface area contributed by atoms with Gasteiger partial charge in [-0.3, -0.25) is 9.79 Å². The molecule has 1 aliphatic rings. The fourth-order valence-electron chi connectivity index (χ4n) is 3.39. The van der Waals surface area contributed by atoms with Crippen LogP contribution >= 0.6 is 35.7 Å². The molecule has 7 heteroatoms. The van der Waals surface area contributed by atoms with Gasteiger partial charge in [-0.1, -0.05) is 42.5 Å². The maximum atomic E-state index is 12.5. The molecular formula is C23H31IN4OS. The molecule has 1 aliphatic heterocycles. The summed E-state index contributed by atoms with van der Waals surface area (Å²) in [6.45, 7) is 3.14. The summed E-state index contributed by atoms with van der Waals surface area (Å²) in [5.74, 6) is 2.00. The molecule has 30 heavy (non-hydrogen) atoms. The van der Waals surface area contributed by atoms with Gasteiger partial charge in [0.25, 0.3) is 0 Å². The lowest BCUT2D eigenvalue weighted by molar-refractivity contribution is -0.132. The summed E-state index contributed by atoms with van der Waals surface area (Å²) in [5, 5.41) is 6.63. The quantitative estimate of drug-likeness (QED) is 0.176. The number of carbonyl (C=O) groups excluding carboxylic acids is 1. The summed E-state index contributed by atoms with van der Waals surface area (Å²) in [6, 6.07) is 18.8. The zero-order valence-corrected chi connectivity index (χ0v) is 20.6. The number of carbonyl (C=O) groups is 1. The molecule has 1 amide bonds. The van der Waals surface area contributed by atoms with Crippen molar-refractivity contribution < 1.29 is 4.79 Å². The number of nitrogens with one attached hydrogen (secondary N) is 2. The minimum absolute atomic E-state index is 0. The summed E-state index contributed by atoms with van der Waals surface area (Å²) in [6.07, 6.45) is 2.32. The second-order valence-corrected chi connectivity index (χ2v) is 8.19. The first kappa shape index (κ1) is 24.5. The van der Waals surface area contributed by atoms with Crippen LogP contribution in [-0.2, 0) is 17.8 Å². The van der Waals surface area contributed by atoms with Gasteiger partial charge in [-0.2, -0.15) is 0 Å². The number of amides is 1. The van der Waals surface area contributed by atoms with E-state index in [4.69, 9.17) is 0 Å². The second kappa shape index (κ2) is 13.5. The van der Waals surface area contributed by atoms with Crippen LogP contribution in [0.1, 0.15) is 24.0 Å². The van der Waals surface area contributed by atoms with Crippen LogP contribution in [0.2, 0.25) is 0 Å². The average Bonchev–Trinajstić information content (AvgIpc) is 2.78. The molecule has 0 fully saturated rings. The van der Waals surface area contributed by atoms with Crippen molar-refractivity contribution in [2.75, 3.05) is 32.4 Å². The number of fused-ring (bicyclic) bond motifs is 1. The molecule has 5 nitrogen and oxygen atoms in total. The molecule has 2 N–H and O–H groups in total. The molecule has 0 saturated carbocycles. The van der Waals surface area contributed by atoms with Crippen LogP contribution < -0.4 is 10.6 Å². The molecule has 0 radical (unpaired) electrons. The van der Waals surface area contributed by atoms with Crippen LogP contribution in [0.4, 0.5) is 0 Å². The first-order valence-electron chi connectivity index (χ1n) is 10.2. The smallest absolute Gasteiger partial charge is 0.222 e. The van der Waals surface area contributed by atoms with Crippen molar-refractivity contribution in [3.8, 4) is 0 Å². The first-order valence-corrected chi connectivity index (χ1v) is 11.2. The first-order chi connectivity index (χ1) is 14.3. The minimum atomic E-state index is 0. The lowest BCUT2D eigenvalue weighted by Gasteiger charge is -2.29. The zero-order chi connectivity index (χ0) is 20.3. The topological polar surface area (TPSA) is 56.7 Å². The summed E-state index contributed by atoms with van der Waals surface area (Å²) in [7, 11) is 1.77. The van der Waals surface area contributed by atoms with E-state index in [1.165, 1.54) is 16.0 Å². The minimum Gasteiger partial charge on any atom is -0.356 e. The van der Waals surface area contributed by atoms with Gasteiger partial charge in [0.1, 0.15) is 0 Å². The lowest BCUT2D eigenvalue weighted by Crippen LogP contribution is -2.39. The summed E-state index contributed by atoms with van der Waals surface area (Å²) in [4.78, 5) is 20.0. The van der Waals surface area contributed by atoms with Gasteiger partial charge in [0.2, 0.25) is 5.91 Å². The Kier molecular flexibility index (Phi) is 11.1. The molecule has 2 aromatic rings. The molecule has 0 aromatic heterocycles. The third kappa shape index (κ3) is 7.83. The van der Waals surface area contributed by atoms with Crippen LogP contribution in [0.3, 0.4) is 0 Å². The van der Waals surface area contributed by atoms with Gasteiger partial charge < -0.3 is 15.5 Å². The highest BCUT2D eigenvalue weighted by Crippen LogP contribution is 2.19. The monoisotopic (exact) mass is 538 g/mol. The van der Waals surface area contributed by atoms with Gasteiger partial charge in [-0.25, -0.2) is 0 Å². The standard InChI is InChI=1S/C23H30N4OS.HI/c1-24-23(26-15-17-29-21-10-3-2-4-11-21)25-14-7-12-22(28)27-16-13-19-8-5-6-9-20(19)18-27;/h2-6,8-11H,7,12-18H2,1H3,(H2,24,25,26);1H. The molecule has 0 aliphatic carbocycles. The van der Waals surface area contributed by atoms with E-state index in [0.717, 1.165) is 50.7 Å². The van der Waals surface area contributed by atoms with E-state index < -0.39 is 0 Å². The number of thioether (sulfide) groups is 1. The number of rotatable bonds is 8. The maximum absolute atomic E-state index is 12.5. The third-order valence-electron chi connectivity index (χ3n) is 4.97. The van der Waals surface area contributed by atoms with E-state index in [0.29, 0.717) is 6.42 Å². The number of nitrogens with zero attached hydrogens (tertiary/aromatic N) is 2. The molecule has 2 aromatic carbocycles. The Labute approximate surface area is 201 Å². The second-order valence-electron chi connectivity index (χ2n) is 7.02. The van der Waals surface area contributed by atoms with E-state index in [2.05, 4.69) is 58.1 Å². The number of guanidine groups is 1. The van der Waals surface area contributed by atoms with Gasteiger partial charge in [-0.05, 0) is 36.1 Å². The lowest BCUT2D eigenvalue weighted by atomic mass is 9.99. The van der Waals surface area contributed by atoms with Crippen molar-refractivity contribution >= 4 is 47.6 Å². The van der Waals surface area contributed by atoms with Crippen molar-refractivity contribution in [3.05, 3.63) is 65.7 Å². The molecule has 0 atom stereocenters. The molecule has 162 valence electrons. The highest BCUT2D eigenvalue weighted by Gasteiger charge is 2.19. The SMILES string of the molecule is CN=C(NCCCC(=O)N1CCc2ccccc2C1)NCCSc1ccccc1.I. The van der Waals surface area contributed by atoms with E-state index in [1.54, 1.807) is 7.05 Å². The van der Waals surface area contributed by atoms with Gasteiger partial charge in [-0.15, -0.1) is 35.7 Å². The normalized spacial score (nSPS) is 13.2. The molecule has 0 unspecified atom stereocenters. The van der Waals surface area contributed by atoms with E-state index >= 15 is 0 Å². The Morgan fingerprint density at radius 3 is 2.50 bits per heavy atom. The van der Waals surface area contributed by atoms with Gasteiger partial charge in [0.05, 0.1) is 0 Å². The Morgan fingerprint density at radius 1 is 1.03 bits per heavy atom. The summed E-state index contributed by atoms with van der Waals surface area (Å²) >= 11 is 1.82. The van der Waals surface area contributed by atoms with Crippen molar-refractivity contribution in [2.45, 2.75) is 30.7 Å². The van der Waals surface area contributed by atoms with E-state index in [9.17, 15) is 4.79 Å². The van der Waals surface area contributed by atoms with Crippen LogP contribution in [0, 0.1) is 0 Å². The Bertz CT molecular complexity index is 816. The number of benzene rings is 2. The fourth-order valence-corrected chi connectivity index (χ4v) is 4.18. The largest absolute Gasteiger partial charge is 0.356 e. The van der Waals surface area contributed by atoms with Gasteiger partial charge in [0.15, 0.2) is 5.96 Å². The Hall–Kier alpha value is -1.74. The molecule has 3 rings (SSSR count). The fraction of sp³-hybridized carbons (Fsp3) is 0.391. The van der Waals surface area contributed by atoms with E-state index in [1.807, 2.05) is 28.8 Å². The molecule has 0 spiro atoms. The van der Waals surface area contributed by atoms with Crippen molar-refractivity contribution in [1.82, 2.24) is 15.5 Å². The van der Waals surface area contributed by atoms with Crippen molar-refractivity contribution in [1.29, 1.82) is 0 Å². The summed E-state index contributed by atoms with van der Waals surface area (Å²) < 4.78 is 0. The van der Waals surface area contributed by atoms with Gasteiger partial charge in [0, 0.05) is 50.3 Å². The summed E-state index contributed by atoms with van der Waals surface area (Å²) in [5.41, 5.74) is 2.65. The molecule has 0 bridgehead atoms. The van der Waals surface area contributed by atoms with Crippen LogP contribution in [0.5, 0.6) is 0 Å². The highest BCUT2D eigenvalue weighted by atomic mass is 127. The van der Waals surface area contributed by atoms with Crippen LogP contribution in [0.25, 0.3) is 0 Å². The maximum Gasteiger partial charge on any atom is 0.222 e. The Morgan fingerprint density at radius 2 is 1.73 bits per heavy atom. The number of aliphatic imine (C=N–C) groups is 1. The van der Waals surface area contributed by atoms with E-state index in [-0.39, 0.29) is 29.9 Å². The van der Waals surface area contributed by atoms with Crippen LogP contribution in [-0.4, -0.2) is 49.2 Å². The van der Waals surface area contributed by atoms with Crippen LogP contribution in [0.15, 0.2) is 64.5 Å².